The van der Waals surface area contributed by atoms with Gasteiger partial charge in [0, 0.05) is 18.3 Å². The highest BCUT2D eigenvalue weighted by Gasteiger charge is 2.03. The summed E-state index contributed by atoms with van der Waals surface area (Å²) in [5, 5.41) is 10.6. The van der Waals surface area contributed by atoms with Gasteiger partial charge in [-0.15, -0.1) is 0 Å². The molecule has 0 aliphatic rings. The zero-order chi connectivity index (χ0) is 13.2. The minimum atomic E-state index is 0.314. The molecule has 0 saturated heterocycles. The molecule has 1 heterocycles. The summed E-state index contributed by atoms with van der Waals surface area (Å²) in [5.41, 5.74) is 3.82. The van der Waals surface area contributed by atoms with E-state index in [1.54, 1.807) is 12.1 Å². The molecule has 19 heavy (non-hydrogen) atoms. The van der Waals surface area contributed by atoms with Crippen molar-refractivity contribution in [1.29, 1.82) is 0 Å². The minimum Gasteiger partial charge on any atom is -0.508 e. The minimum absolute atomic E-state index is 0.314. The van der Waals surface area contributed by atoms with Crippen molar-refractivity contribution in [2.45, 2.75) is 19.9 Å². The fourth-order valence-corrected chi connectivity index (χ4v) is 2.39. The highest BCUT2D eigenvalue weighted by Crippen LogP contribution is 2.20. The molecule has 3 rings (SSSR count). The third-order valence-electron chi connectivity index (χ3n) is 3.54. The number of hydrogen-bond donors (Lipinski definition) is 1. The normalized spacial score (nSPS) is 11.0. The third-order valence-corrected chi connectivity index (χ3v) is 3.54. The Morgan fingerprint density at radius 2 is 1.68 bits per heavy atom. The van der Waals surface area contributed by atoms with Crippen LogP contribution < -0.4 is 0 Å². The third kappa shape index (κ3) is 2.34. The molecule has 3 aromatic rings. The van der Waals surface area contributed by atoms with E-state index in [2.05, 4.69) is 42.0 Å². The van der Waals surface area contributed by atoms with Crippen molar-refractivity contribution >= 4 is 10.9 Å². The Hall–Kier alpha value is -2.22. The fraction of sp³-hybridized carbons (Fsp3) is 0.176. The van der Waals surface area contributed by atoms with Gasteiger partial charge in [0.1, 0.15) is 5.75 Å². The van der Waals surface area contributed by atoms with Crippen molar-refractivity contribution < 1.29 is 5.11 Å². The number of hydrogen-bond acceptors (Lipinski definition) is 1. The average Bonchev–Trinajstić information content (AvgIpc) is 2.84. The highest BCUT2D eigenvalue weighted by atomic mass is 16.3. The lowest BCUT2D eigenvalue weighted by molar-refractivity contribution is 0.475. The van der Waals surface area contributed by atoms with Gasteiger partial charge in [-0.3, -0.25) is 0 Å². The molecule has 0 atom stereocenters. The van der Waals surface area contributed by atoms with Crippen LogP contribution in [0.2, 0.25) is 0 Å². The van der Waals surface area contributed by atoms with Gasteiger partial charge < -0.3 is 9.67 Å². The molecule has 2 heteroatoms. The van der Waals surface area contributed by atoms with Gasteiger partial charge in [0.05, 0.1) is 0 Å². The maximum Gasteiger partial charge on any atom is 0.115 e. The Kier molecular flexibility index (Phi) is 3.00. The van der Waals surface area contributed by atoms with E-state index in [0.29, 0.717) is 5.75 Å². The number of aromatic hydroxyl groups is 1. The molecule has 1 N–H and O–H groups in total. The summed E-state index contributed by atoms with van der Waals surface area (Å²) in [7, 11) is 0. The molecule has 1 aromatic heterocycles. The van der Waals surface area contributed by atoms with Gasteiger partial charge in [-0.2, -0.15) is 0 Å². The van der Waals surface area contributed by atoms with Gasteiger partial charge in [0.2, 0.25) is 0 Å². The number of fused-ring (bicyclic) bond motifs is 1. The molecule has 2 aromatic carbocycles. The summed E-state index contributed by atoms with van der Waals surface area (Å²) in [5.74, 6) is 0.314. The summed E-state index contributed by atoms with van der Waals surface area (Å²) >= 11 is 0. The Balaban J connectivity index is 1.98. The molecule has 2 nitrogen and oxygen atoms in total. The van der Waals surface area contributed by atoms with Crippen LogP contribution in [0.5, 0.6) is 5.75 Å². The summed E-state index contributed by atoms with van der Waals surface area (Å²) in [6.45, 7) is 3.01. The van der Waals surface area contributed by atoms with E-state index < -0.39 is 0 Å². The van der Waals surface area contributed by atoms with Crippen molar-refractivity contribution in [3.8, 4) is 5.75 Å². The zero-order valence-electron chi connectivity index (χ0n) is 11.0. The number of nitrogens with zero attached hydrogens (tertiary/aromatic N) is 1. The zero-order valence-corrected chi connectivity index (χ0v) is 11.0. The van der Waals surface area contributed by atoms with Crippen molar-refractivity contribution in [1.82, 2.24) is 4.57 Å². The molecular weight excluding hydrogens is 234 g/mol. The molecule has 0 spiro atoms. The first-order chi connectivity index (χ1) is 9.26. The van der Waals surface area contributed by atoms with Crippen LogP contribution in [0.3, 0.4) is 0 Å². The number of phenolic OH excluding ortho intramolecular Hbond substituents is 1. The number of rotatable bonds is 3. The second-order valence-corrected chi connectivity index (χ2v) is 4.86. The smallest absolute Gasteiger partial charge is 0.115 e. The lowest BCUT2D eigenvalue weighted by atomic mass is 10.1. The van der Waals surface area contributed by atoms with Gasteiger partial charge in [-0.1, -0.05) is 31.2 Å². The van der Waals surface area contributed by atoms with Gasteiger partial charge >= 0.3 is 0 Å². The van der Waals surface area contributed by atoms with Gasteiger partial charge in [-0.05, 0) is 47.2 Å². The summed E-state index contributed by atoms with van der Waals surface area (Å²) in [6, 6.07) is 16.2. The molecule has 0 radical (unpaired) electrons. The summed E-state index contributed by atoms with van der Waals surface area (Å²) in [4.78, 5) is 0. The molecule has 96 valence electrons. The molecule has 0 fully saturated rings. The van der Waals surface area contributed by atoms with Crippen LogP contribution in [0.1, 0.15) is 18.1 Å². The quantitative estimate of drug-likeness (QED) is 0.749. The van der Waals surface area contributed by atoms with Gasteiger partial charge in [-0.25, -0.2) is 0 Å². The lowest BCUT2D eigenvalue weighted by Crippen LogP contribution is -1.97. The Morgan fingerprint density at radius 1 is 0.947 bits per heavy atom. The summed E-state index contributed by atoms with van der Waals surface area (Å²) < 4.78 is 2.25. The second kappa shape index (κ2) is 4.81. The van der Waals surface area contributed by atoms with E-state index in [1.807, 2.05) is 12.1 Å². The van der Waals surface area contributed by atoms with Crippen LogP contribution in [0.4, 0.5) is 0 Å². The largest absolute Gasteiger partial charge is 0.508 e. The van der Waals surface area contributed by atoms with E-state index in [4.69, 9.17) is 0 Å². The predicted octanol–water partition coefficient (Wildman–Crippen LogP) is 3.96. The number of benzene rings is 2. The molecule has 0 unspecified atom stereocenters. The van der Waals surface area contributed by atoms with E-state index in [1.165, 1.54) is 22.0 Å². The van der Waals surface area contributed by atoms with Crippen LogP contribution in [-0.4, -0.2) is 9.67 Å². The predicted molar refractivity (Wildman–Crippen MR) is 78.5 cm³/mol. The van der Waals surface area contributed by atoms with E-state index in [9.17, 15) is 5.11 Å². The Morgan fingerprint density at radius 3 is 2.42 bits per heavy atom. The highest BCUT2D eigenvalue weighted by molar-refractivity contribution is 5.81. The summed E-state index contributed by atoms with van der Waals surface area (Å²) in [6.07, 6.45) is 3.18. The number of aryl methyl sites for hydroxylation is 1. The van der Waals surface area contributed by atoms with Crippen LogP contribution in [0, 0.1) is 0 Å². The van der Waals surface area contributed by atoms with E-state index in [-0.39, 0.29) is 0 Å². The lowest BCUT2D eigenvalue weighted by Gasteiger charge is -2.07. The number of aromatic nitrogens is 1. The SMILES string of the molecule is CCc1ccc2ccn(Cc3ccc(O)cc3)c2c1. The van der Waals surface area contributed by atoms with Gasteiger partial charge in [0.25, 0.3) is 0 Å². The first-order valence-electron chi connectivity index (χ1n) is 6.62. The molecule has 0 aliphatic heterocycles. The van der Waals surface area contributed by atoms with E-state index >= 15 is 0 Å². The molecule has 0 aliphatic carbocycles. The molecular formula is C17H17NO. The molecule has 0 amide bonds. The average molecular weight is 251 g/mol. The number of phenols is 1. The van der Waals surface area contributed by atoms with Crippen molar-refractivity contribution in [2.75, 3.05) is 0 Å². The van der Waals surface area contributed by atoms with Crippen molar-refractivity contribution in [2.24, 2.45) is 0 Å². The van der Waals surface area contributed by atoms with Crippen LogP contribution in [0.15, 0.2) is 54.7 Å². The van der Waals surface area contributed by atoms with Crippen molar-refractivity contribution in [3.05, 3.63) is 65.9 Å². The Labute approximate surface area is 112 Å². The fourth-order valence-electron chi connectivity index (χ4n) is 2.39. The van der Waals surface area contributed by atoms with Crippen LogP contribution >= 0.6 is 0 Å². The van der Waals surface area contributed by atoms with Crippen LogP contribution in [0.25, 0.3) is 10.9 Å². The maximum absolute atomic E-state index is 9.32. The first-order valence-corrected chi connectivity index (χ1v) is 6.62. The molecule has 0 saturated carbocycles. The maximum atomic E-state index is 9.32. The molecule has 0 bridgehead atoms. The van der Waals surface area contributed by atoms with E-state index in [0.717, 1.165) is 13.0 Å². The van der Waals surface area contributed by atoms with Crippen LogP contribution in [-0.2, 0) is 13.0 Å². The second-order valence-electron chi connectivity index (χ2n) is 4.86. The monoisotopic (exact) mass is 251 g/mol. The topological polar surface area (TPSA) is 25.2 Å². The standard InChI is InChI=1S/C17H17NO/c1-2-13-3-6-15-9-10-18(17(15)11-13)12-14-4-7-16(19)8-5-14/h3-11,19H,2,12H2,1H3. The van der Waals surface area contributed by atoms with Gasteiger partial charge in [0.15, 0.2) is 0 Å². The Bertz CT molecular complexity index is 695. The van der Waals surface area contributed by atoms with Crippen molar-refractivity contribution in [3.63, 3.8) is 0 Å². The first kappa shape index (κ1) is 11.8.